The quantitative estimate of drug-likeness (QED) is 0.543. The van der Waals surface area contributed by atoms with Gasteiger partial charge in [0.1, 0.15) is 5.69 Å². The van der Waals surface area contributed by atoms with E-state index in [1.807, 2.05) is 15.9 Å². The van der Waals surface area contributed by atoms with E-state index in [0.717, 1.165) is 26.2 Å². The molecular formula is C23H29N5O3. The van der Waals surface area contributed by atoms with Gasteiger partial charge in [0.15, 0.2) is 0 Å². The summed E-state index contributed by atoms with van der Waals surface area (Å²) >= 11 is 0. The van der Waals surface area contributed by atoms with Gasteiger partial charge < -0.3 is 14.7 Å². The summed E-state index contributed by atoms with van der Waals surface area (Å²) in [7, 11) is 0. The monoisotopic (exact) mass is 423 g/mol. The number of carbonyl (C=O) groups is 1. The Morgan fingerprint density at radius 1 is 0.903 bits per heavy atom. The van der Waals surface area contributed by atoms with Gasteiger partial charge in [0, 0.05) is 64.1 Å². The van der Waals surface area contributed by atoms with Crippen molar-refractivity contribution in [3.63, 3.8) is 0 Å². The van der Waals surface area contributed by atoms with E-state index in [2.05, 4.69) is 41.0 Å². The second-order valence-electron chi connectivity index (χ2n) is 8.22. The third-order valence-corrected chi connectivity index (χ3v) is 6.15. The summed E-state index contributed by atoms with van der Waals surface area (Å²) < 4.78 is 0. The maximum Gasteiger partial charge on any atom is 0.292 e. The number of nitro benzene ring substituents is 1. The molecule has 0 saturated carbocycles. The Balaban J connectivity index is 1.26. The molecule has 2 saturated heterocycles. The molecule has 0 unspecified atom stereocenters. The summed E-state index contributed by atoms with van der Waals surface area (Å²) in [6, 6.07) is 15.4. The van der Waals surface area contributed by atoms with Crippen LogP contribution in [0.25, 0.3) is 0 Å². The lowest BCUT2D eigenvalue weighted by molar-refractivity contribution is -0.384. The molecule has 0 N–H and O–H groups in total. The highest BCUT2D eigenvalue weighted by Crippen LogP contribution is 2.28. The van der Waals surface area contributed by atoms with E-state index in [-0.39, 0.29) is 16.5 Å². The fourth-order valence-electron chi connectivity index (χ4n) is 4.36. The number of hydrogen-bond donors (Lipinski definition) is 0. The van der Waals surface area contributed by atoms with Gasteiger partial charge in [-0.05, 0) is 30.7 Å². The molecule has 0 spiro atoms. The largest absolute Gasteiger partial charge is 0.369 e. The van der Waals surface area contributed by atoms with E-state index in [9.17, 15) is 14.9 Å². The number of piperazine rings is 2. The van der Waals surface area contributed by atoms with Gasteiger partial charge in [-0.2, -0.15) is 0 Å². The second-order valence-corrected chi connectivity index (χ2v) is 8.22. The first kappa shape index (κ1) is 21.1. The molecule has 8 nitrogen and oxygen atoms in total. The van der Waals surface area contributed by atoms with Gasteiger partial charge in [-0.15, -0.1) is 0 Å². The molecular weight excluding hydrogens is 394 g/mol. The first-order valence-electron chi connectivity index (χ1n) is 10.8. The molecule has 2 aromatic rings. The first-order chi connectivity index (χ1) is 15.0. The summed E-state index contributed by atoms with van der Waals surface area (Å²) in [5.41, 5.74) is 3.26. The highest BCUT2D eigenvalue weighted by molar-refractivity contribution is 5.79. The summed E-state index contributed by atoms with van der Waals surface area (Å²) in [5.74, 6) is 0.145. The number of rotatable bonds is 5. The molecule has 2 aliphatic rings. The maximum absolute atomic E-state index is 12.8. The zero-order valence-corrected chi connectivity index (χ0v) is 17.9. The van der Waals surface area contributed by atoms with Crippen molar-refractivity contribution in [3.8, 4) is 0 Å². The number of amides is 1. The highest BCUT2D eigenvalue weighted by atomic mass is 16.6. The van der Waals surface area contributed by atoms with Crippen LogP contribution in [-0.2, 0) is 4.79 Å². The number of benzene rings is 2. The number of nitrogens with zero attached hydrogens (tertiary/aromatic N) is 5. The predicted octanol–water partition coefficient (Wildman–Crippen LogP) is 2.37. The van der Waals surface area contributed by atoms with Gasteiger partial charge >= 0.3 is 0 Å². The van der Waals surface area contributed by atoms with Gasteiger partial charge in [-0.3, -0.25) is 19.8 Å². The molecule has 0 aliphatic carbocycles. The minimum Gasteiger partial charge on any atom is -0.369 e. The number of carbonyl (C=O) groups excluding carboxylic acids is 1. The van der Waals surface area contributed by atoms with Crippen LogP contribution in [0, 0.1) is 17.0 Å². The van der Waals surface area contributed by atoms with Gasteiger partial charge in [-0.25, -0.2) is 0 Å². The topological polar surface area (TPSA) is 73.2 Å². The molecule has 164 valence electrons. The van der Waals surface area contributed by atoms with Gasteiger partial charge in [-0.1, -0.05) is 24.3 Å². The van der Waals surface area contributed by atoms with Crippen LogP contribution in [0.5, 0.6) is 0 Å². The number of para-hydroxylation sites is 2. The summed E-state index contributed by atoms with van der Waals surface area (Å²) in [4.78, 5) is 32.3. The Morgan fingerprint density at radius 3 is 2.26 bits per heavy atom. The zero-order valence-electron chi connectivity index (χ0n) is 17.9. The van der Waals surface area contributed by atoms with Crippen molar-refractivity contribution in [2.45, 2.75) is 6.92 Å². The van der Waals surface area contributed by atoms with Crippen LogP contribution in [-0.4, -0.2) is 79.5 Å². The average Bonchev–Trinajstić information content (AvgIpc) is 2.79. The molecule has 1 amide bonds. The smallest absolute Gasteiger partial charge is 0.292 e. The summed E-state index contributed by atoms with van der Waals surface area (Å²) in [6.07, 6.45) is 0. The normalized spacial score (nSPS) is 17.6. The maximum atomic E-state index is 12.8. The van der Waals surface area contributed by atoms with Gasteiger partial charge in [0.2, 0.25) is 5.91 Å². The molecule has 0 radical (unpaired) electrons. The summed E-state index contributed by atoms with van der Waals surface area (Å²) in [6.45, 7) is 8.52. The number of nitro groups is 1. The Labute approximate surface area is 182 Å². The Bertz CT molecular complexity index is 934. The van der Waals surface area contributed by atoms with Gasteiger partial charge in [0.05, 0.1) is 11.5 Å². The molecule has 0 bridgehead atoms. The average molecular weight is 424 g/mol. The van der Waals surface area contributed by atoms with Crippen LogP contribution >= 0.6 is 0 Å². The van der Waals surface area contributed by atoms with Gasteiger partial charge in [0.25, 0.3) is 5.69 Å². The highest BCUT2D eigenvalue weighted by Gasteiger charge is 2.27. The molecule has 2 aromatic carbocycles. The van der Waals surface area contributed by atoms with Crippen LogP contribution < -0.4 is 9.80 Å². The van der Waals surface area contributed by atoms with Crippen molar-refractivity contribution in [1.29, 1.82) is 0 Å². The standard InChI is InChI=1S/C23H29N5O3/c1-19-5-4-6-20(17-19)25-11-9-24(10-12-25)18-23(29)27-15-13-26(14-16-27)21-7-2-3-8-22(21)28(30)31/h2-8,17H,9-16,18H2,1H3. The molecule has 2 heterocycles. The third kappa shape index (κ3) is 4.96. The lowest BCUT2D eigenvalue weighted by Gasteiger charge is -2.39. The van der Waals surface area contributed by atoms with Crippen LogP contribution in [0.2, 0.25) is 0 Å². The van der Waals surface area contributed by atoms with E-state index in [1.165, 1.54) is 17.3 Å². The van der Waals surface area contributed by atoms with E-state index in [4.69, 9.17) is 0 Å². The molecule has 8 heteroatoms. The Kier molecular flexibility index (Phi) is 6.36. The van der Waals surface area contributed by atoms with Crippen molar-refractivity contribution >= 4 is 23.0 Å². The molecule has 2 fully saturated rings. The fraction of sp³-hybridized carbons (Fsp3) is 0.435. The van der Waals surface area contributed by atoms with Crippen molar-refractivity contribution < 1.29 is 9.72 Å². The van der Waals surface area contributed by atoms with Crippen LogP contribution in [0.1, 0.15) is 5.56 Å². The minimum absolute atomic E-state index is 0.119. The van der Waals surface area contributed by atoms with Crippen LogP contribution in [0.4, 0.5) is 17.1 Å². The van der Waals surface area contributed by atoms with E-state index < -0.39 is 0 Å². The van der Waals surface area contributed by atoms with E-state index in [1.54, 1.807) is 12.1 Å². The SMILES string of the molecule is Cc1cccc(N2CCN(CC(=O)N3CCN(c4ccccc4[N+](=O)[O-])CC3)CC2)c1. The van der Waals surface area contributed by atoms with Crippen LogP contribution in [0.15, 0.2) is 48.5 Å². The van der Waals surface area contributed by atoms with Crippen LogP contribution in [0.3, 0.4) is 0 Å². The van der Waals surface area contributed by atoms with Crippen molar-refractivity contribution in [3.05, 3.63) is 64.2 Å². The lowest BCUT2D eigenvalue weighted by Crippen LogP contribution is -2.54. The van der Waals surface area contributed by atoms with E-state index in [0.29, 0.717) is 38.4 Å². The third-order valence-electron chi connectivity index (χ3n) is 6.15. The molecule has 2 aliphatic heterocycles. The lowest BCUT2D eigenvalue weighted by atomic mass is 10.2. The van der Waals surface area contributed by atoms with E-state index >= 15 is 0 Å². The molecule has 0 aromatic heterocycles. The predicted molar refractivity (Wildman–Crippen MR) is 122 cm³/mol. The summed E-state index contributed by atoms with van der Waals surface area (Å²) in [5, 5.41) is 11.3. The zero-order chi connectivity index (χ0) is 21.8. The molecule has 0 atom stereocenters. The minimum atomic E-state index is -0.344. The number of anilines is 2. The Hall–Kier alpha value is -3.13. The number of aryl methyl sites for hydroxylation is 1. The van der Waals surface area contributed by atoms with Crippen molar-refractivity contribution in [2.24, 2.45) is 0 Å². The molecule has 4 rings (SSSR count). The number of hydrogen-bond acceptors (Lipinski definition) is 6. The molecule has 31 heavy (non-hydrogen) atoms. The van der Waals surface area contributed by atoms with Crippen molar-refractivity contribution in [2.75, 3.05) is 68.7 Å². The first-order valence-corrected chi connectivity index (χ1v) is 10.8. The fourth-order valence-corrected chi connectivity index (χ4v) is 4.36. The Morgan fingerprint density at radius 2 is 1.58 bits per heavy atom. The second kappa shape index (κ2) is 9.34. The van der Waals surface area contributed by atoms with Crippen molar-refractivity contribution in [1.82, 2.24) is 9.80 Å².